The van der Waals surface area contributed by atoms with Gasteiger partial charge in [-0.1, -0.05) is 19.8 Å². The van der Waals surface area contributed by atoms with Gasteiger partial charge in [0.1, 0.15) is 0 Å². The molecule has 0 saturated heterocycles. The lowest BCUT2D eigenvalue weighted by atomic mass is 9.86. The van der Waals surface area contributed by atoms with Crippen molar-refractivity contribution in [1.29, 1.82) is 0 Å². The van der Waals surface area contributed by atoms with Gasteiger partial charge in [0.2, 0.25) is 0 Å². The highest BCUT2D eigenvalue weighted by molar-refractivity contribution is 7.80. The van der Waals surface area contributed by atoms with Crippen molar-refractivity contribution in [1.82, 2.24) is 15.7 Å². The fraction of sp³-hybridized carbons (Fsp3) is 0.533. The molecule has 1 saturated carbocycles. The Labute approximate surface area is 126 Å². The summed E-state index contributed by atoms with van der Waals surface area (Å²) in [6, 6.07) is 4.33. The average molecular weight is 290 g/mol. The number of aromatic nitrogens is 1. The number of nitrogens with zero attached hydrogens (tertiary/aromatic N) is 2. The van der Waals surface area contributed by atoms with Crippen molar-refractivity contribution in [3.63, 3.8) is 0 Å². The van der Waals surface area contributed by atoms with Crippen LogP contribution in [0, 0.1) is 5.92 Å². The van der Waals surface area contributed by atoms with Gasteiger partial charge in [0.05, 0.1) is 5.71 Å². The fourth-order valence-electron chi connectivity index (χ4n) is 2.52. The van der Waals surface area contributed by atoms with Gasteiger partial charge in [-0.15, -0.1) is 0 Å². The van der Waals surface area contributed by atoms with E-state index in [0.29, 0.717) is 17.1 Å². The maximum Gasteiger partial charge on any atom is 0.187 e. The van der Waals surface area contributed by atoms with Gasteiger partial charge in [0.15, 0.2) is 5.11 Å². The molecule has 108 valence electrons. The van der Waals surface area contributed by atoms with Gasteiger partial charge in [0.25, 0.3) is 0 Å². The van der Waals surface area contributed by atoms with E-state index in [0.717, 1.165) is 11.3 Å². The third-order valence-corrected chi connectivity index (χ3v) is 4.06. The Kier molecular flexibility index (Phi) is 5.47. The van der Waals surface area contributed by atoms with E-state index in [1.807, 2.05) is 19.1 Å². The monoisotopic (exact) mass is 290 g/mol. The van der Waals surface area contributed by atoms with Crippen LogP contribution in [0.4, 0.5) is 0 Å². The number of pyridine rings is 1. The first-order valence-corrected chi connectivity index (χ1v) is 7.59. The van der Waals surface area contributed by atoms with Gasteiger partial charge in [0, 0.05) is 24.0 Å². The van der Waals surface area contributed by atoms with Crippen molar-refractivity contribution in [2.75, 3.05) is 0 Å². The maximum atomic E-state index is 5.31. The molecular formula is C15H22N4S. The van der Waals surface area contributed by atoms with Crippen LogP contribution in [0.15, 0.2) is 29.6 Å². The minimum atomic E-state index is 0.472. The maximum absolute atomic E-state index is 5.31. The Bertz CT molecular complexity index is 472. The molecule has 1 aliphatic carbocycles. The van der Waals surface area contributed by atoms with Crippen molar-refractivity contribution in [3.05, 3.63) is 30.1 Å². The molecule has 1 aromatic rings. The Morgan fingerprint density at radius 1 is 1.30 bits per heavy atom. The van der Waals surface area contributed by atoms with E-state index in [-0.39, 0.29) is 0 Å². The van der Waals surface area contributed by atoms with E-state index < -0.39 is 0 Å². The van der Waals surface area contributed by atoms with E-state index in [2.05, 4.69) is 27.8 Å². The van der Waals surface area contributed by atoms with E-state index >= 15 is 0 Å². The molecule has 0 unspecified atom stereocenters. The molecular weight excluding hydrogens is 268 g/mol. The lowest BCUT2D eigenvalue weighted by Gasteiger charge is -2.30. The molecule has 0 bridgehead atoms. The lowest BCUT2D eigenvalue weighted by molar-refractivity contribution is 0.308. The summed E-state index contributed by atoms with van der Waals surface area (Å²) in [6.45, 7) is 4.24. The number of nitrogens with one attached hydrogen (secondary N) is 2. The summed E-state index contributed by atoms with van der Waals surface area (Å²) in [6.07, 6.45) is 8.60. The fourth-order valence-corrected chi connectivity index (χ4v) is 2.72. The second kappa shape index (κ2) is 7.33. The van der Waals surface area contributed by atoms with Crippen molar-refractivity contribution in [3.8, 4) is 0 Å². The third-order valence-electron chi connectivity index (χ3n) is 3.85. The van der Waals surface area contributed by atoms with Crippen molar-refractivity contribution in [2.45, 2.75) is 45.6 Å². The van der Waals surface area contributed by atoms with Crippen molar-refractivity contribution < 1.29 is 0 Å². The SMILES string of the molecule is C/C(=N/NC(=S)N[C@@H]1CCCC[C@@H]1C)c1ccncc1. The molecule has 1 aliphatic rings. The Morgan fingerprint density at radius 2 is 2.00 bits per heavy atom. The lowest BCUT2D eigenvalue weighted by Crippen LogP contribution is -2.44. The first-order valence-electron chi connectivity index (χ1n) is 7.18. The minimum absolute atomic E-state index is 0.472. The van der Waals surface area contributed by atoms with Gasteiger partial charge in [-0.25, -0.2) is 0 Å². The van der Waals surface area contributed by atoms with Crippen molar-refractivity contribution in [2.24, 2.45) is 11.0 Å². The largest absolute Gasteiger partial charge is 0.358 e. The summed E-state index contributed by atoms with van der Waals surface area (Å²) in [7, 11) is 0. The smallest absolute Gasteiger partial charge is 0.187 e. The van der Waals surface area contributed by atoms with Crippen molar-refractivity contribution >= 4 is 23.0 Å². The summed E-state index contributed by atoms with van der Waals surface area (Å²) in [5, 5.41) is 8.30. The summed E-state index contributed by atoms with van der Waals surface area (Å²) in [5.74, 6) is 0.675. The average Bonchev–Trinajstić information content (AvgIpc) is 2.48. The predicted octanol–water partition coefficient (Wildman–Crippen LogP) is 2.85. The number of hydrogen-bond acceptors (Lipinski definition) is 3. The standard InChI is InChI=1S/C15H22N4S/c1-11-5-3-4-6-14(11)17-15(20)19-18-12(2)13-7-9-16-10-8-13/h7-11,14H,3-6H2,1-2H3,(H2,17,19,20)/b18-12-/t11-,14+/m0/s1. The van der Waals surface area contributed by atoms with E-state index in [4.69, 9.17) is 12.2 Å². The van der Waals surface area contributed by atoms with E-state index in [9.17, 15) is 0 Å². The topological polar surface area (TPSA) is 49.3 Å². The highest BCUT2D eigenvalue weighted by Gasteiger charge is 2.21. The van der Waals surface area contributed by atoms with Crippen LogP contribution in [0.5, 0.6) is 0 Å². The molecule has 1 fully saturated rings. The molecule has 0 aromatic carbocycles. The Hall–Kier alpha value is -1.49. The van der Waals surface area contributed by atoms with E-state index in [1.165, 1.54) is 25.7 Å². The Balaban J connectivity index is 1.85. The number of hydrogen-bond donors (Lipinski definition) is 2. The van der Waals surface area contributed by atoms with Crippen LogP contribution in [-0.4, -0.2) is 21.8 Å². The zero-order valence-electron chi connectivity index (χ0n) is 12.1. The summed E-state index contributed by atoms with van der Waals surface area (Å²) in [5.41, 5.74) is 4.88. The first kappa shape index (κ1) is 14.9. The van der Waals surface area contributed by atoms with Crippen LogP contribution < -0.4 is 10.7 Å². The van der Waals surface area contributed by atoms with Gasteiger partial charge in [-0.05, 0) is 50.0 Å². The number of thiocarbonyl (C=S) groups is 1. The molecule has 0 aliphatic heterocycles. The highest BCUT2D eigenvalue weighted by Crippen LogP contribution is 2.23. The normalized spacial score (nSPS) is 23.2. The van der Waals surface area contributed by atoms with Crippen LogP contribution >= 0.6 is 12.2 Å². The molecule has 2 rings (SSSR count). The van der Waals surface area contributed by atoms with Crippen LogP contribution in [0.3, 0.4) is 0 Å². The summed E-state index contributed by atoms with van der Waals surface area (Å²) in [4.78, 5) is 4.00. The van der Waals surface area contributed by atoms with Crippen LogP contribution in [0.2, 0.25) is 0 Å². The first-order chi connectivity index (χ1) is 9.66. The second-order valence-electron chi connectivity index (χ2n) is 5.39. The van der Waals surface area contributed by atoms with E-state index in [1.54, 1.807) is 12.4 Å². The van der Waals surface area contributed by atoms with Gasteiger partial charge in [-0.3, -0.25) is 10.4 Å². The van der Waals surface area contributed by atoms with Crippen LogP contribution in [-0.2, 0) is 0 Å². The quantitative estimate of drug-likeness (QED) is 0.510. The molecule has 5 heteroatoms. The second-order valence-corrected chi connectivity index (χ2v) is 5.79. The molecule has 1 aromatic heterocycles. The zero-order chi connectivity index (χ0) is 14.4. The van der Waals surface area contributed by atoms with Gasteiger partial charge in [-0.2, -0.15) is 5.10 Å². The summed E-state index contributed by atoms with van der Waals surface area (Å²) >= 11 is 5.31. The molecule has 2 atom stereocenters. The number of hydrazone groups is 1. The Morgan fingerprint density at radius 3 is 2.70 bits per heavy atom. The van der Waals surface area contributed by atoms with Crippen LogP contribution in [0.1, 0.15) is 45.1 Å². The molecule has 1 heterocycles. The molecule has 0 spiro atoms. The zero-order valence-corrected chi connectivity index (χ0v) is 12.9. The van der Waals surface area contributed by atoms with Gasteiger partial charge < -0.3 is 5.32 Å². The molecule has 20 heavy (non-hydrogen) atoms. The van der Waals surface area contributed by atoms with Gasteiger partial charge >= 0.3 is 0 Å². The summed E-state index contributed by atoms with van der Waals surface area (Å²) < 4.78 is 0. The predicted molar refractivity (Wildman–Crippen MR) is 86.7 cm³/mol. The molecule has 0 amide bonds. The van der Waals surface area contributed by atoms with Crippen LogP contribution in [0.25, 0.3) is 0 Å². The number of rotatable bonds is 3. The molecule has 0 radical (unpaired) electrons. The minimum Gasteiger partial charge on any atom is -0.358 e. The third kappa shape index (κ3) is 4.27. The molecule has 2 N–H and O–H groups in total. The highest BCUT2D eigenvalue weighted by atomic mass is 32.1. The molecule has 4 nitrogen and oxygen atoms in total.